The zero-order valence-corrected chi connectivity index (χ0v) is 7.10. The van der Waals surface area contributed by atoms with Crippen LogP contribution in [0.3, 0.4) is 0 Å². The summed E-state index contributed by atoms with van der Waals surface area (Å²) in [5.74, 6) is 0. The second-order valence-electron chi connectivity index (χ2n) is 2.31. The van der Waals surface area contributed by atoms with E-state index < -0.39 is 9.13 Å². The molecule has 0 aliphatic heterocycles. The minimum absolute atomic E-state index is 0.389. The molecule has 0 aliphatic rings. The topological polar surface area (TPSA) is 0 Å². The fourth-order valence-corrected chi connectivity index (χ4v) is 1.97. The molecule has 0 aromatic carbocycles. The summed E-state index contributed by atoms with van der Waals surface area (Å²) in [4.78, 5) is 0. The first kappa shape index (κ1) is 8.15. The van der Waals surface area contributed by atoms with E-state index >= 15 is 0 Å². The highest BCUT2D eigenvalue weighted by Crippen LogP contribution is 2.16. The molecule has 0 bridgehead atoms. The van der Waals surface area contributed by atoms with Gasteiger partial charge in [-0.15, -0.1) is 0 Å². The molecule has 8 heavy (non-hydrogen) atoms. The van der Waals surface area contributed by atoms with E-state index in [9.17, 15) is 4.11 Å². The highest BCUT2D eigenvalue weighted by Gasteiger charge is 2.13. The van der Waals surface area contributed by atoms with Crippen molar-refractivity contribution in [2.75, 3.05) is 0 Å². The van der Waals surface area contributed by atoms with E-state index in [4.69, 9.17) is 0 Å². The lowest BCUT2D eigenvalue weighted by atomic mass is 10.4. The first-order valence-electron chi connectivity index (χ1n) is 3.36. The van der Waals surface area contributed by atoms with Crippen molar-refractivity contribution in [1.82, 2.24) is 0 Å². The van der Waals surface area contributed by atoms with Crippen LogP contribution in [0.5, 0.6) is 0 Å². The quantitative estimate of drug-likeness (QED) is 0.411. The summed E-state index contributed by atoms with van der Waals surface area (Å²) in [5.41, 5.74) is 0.389. The standard InChI is InChI=1S/C6H15FSi/c1-4-6(3)8(7)5-2/h6,8H,4-5H2,1-3H3. The van der Waals surface area contributed by atoms with Gasteiger partial charge in [0, 0.05) is 0 Å². The van der Waals surface area contributed by atoms with Gasteiger partial charge in [-0.05, 0) is 11.6 Å². The second kappa shape index (κ2) is 4.07. The second-order valence-corrected chi connectivity index (χ2v) is 5.30. The highest BCUT2D eigenvalue weighted by molar-refractivity contribution is 6.52. The fraction of sp³-hybridized carbons (Fsp3) is 1.00. The summed E-state index contributed by atoms with van der Waals surface area (Å²) in [5, 5.41) is 0. The van der Waals surface area contributed by atoms with E-state index in [1.165, 1.54) is 0 Å². The molecule has 0 N–H and O–H groups in total. The Bertz CT molecular complexity index is 48.5. The minimum atomic E-state index is -1.78. The maximum absolute atomic E-state index is 12.7. The molecule has 0 saturated carbocycles. The number of hydrogen-bond donors (Lipinski definition) is 0. The maximum atomic E-state index is 12.7. The monoisotopic (exact) mass is 134 g/mol. The zero-order valence-electron chi connectivity index (χ0n) is 5.95. The molecular weight excluding hydrogens is 119 g/mol. The first-order chi connectivity index (χ1) is 3.72. The molecular formula is C6H15FSi. The van der Waals surface area contributed by atoms with Crippen molar-refractivity contribution in [1.29, 1.82) is 0 Å². The summed E-state index contributed by atoms with van der Waals surface area (Å²) in [6, 6.07) is 0.801. The Morgan fingerprint density at radius 2 is 2.00 bits per heavy atom. The molecule has 0 aromatic heterocycles. The third kappa shape index (κ3) is 2.45. The van der Waals surface area contributed by atoms with Crippen molar-refractivity contribution in [2.45, 2.75) is 38.8 Å². The van der Waals surface area contributed by atoms with Crippen LogP contribution in [-0.2, 0) is 0 Å². The van der Waals surface area contributed by atoms with E-state index in [1.807, 2.05) is 13.8 Å². The van der Waals surface area contributed by atoms with Crippen molar-refractivity contribution < 1.29 is 4.11 Å². The average molecular weight is 134 g/mol. The largest absolute Gasteiger partial charge is 0.318 e. The van der Waals surface area contributed by atoms with Gasteiger partial charge in [0.2, 0.25) is 9.13 Å². The molecule has 0 amide bonds. The third-order valence-electron chi connectivity index (χ3n) is 1.65. The minimum Gasteiger partial charge on any atom is -0.318 e. The van der Waals surface area contributed by atoms with Crippen molar-refractivity contribution in [3.05, 3.63) is 0 Å². The Morgan fingerprint density at radius 1 is 1.50 bits per heavy atom. The lowest BCUT2D eigenvalue weighted by Crippen LogP contribution is -2.09. The Hall–Kier alpha value is 0.147. The molecule has 0 fully saturated rings. The molecule has 2 unspecified atom stereocenters. The van der Waals surface area contributed by atoms with Gasteiger partial charge in [0.25, 0.3) is 0 Å². The fourth-order valence-electron chi connectivity index (χ4n) is 0.658. The molecule has 0 nitrogen and oxygen atoms in total. The molecule has 50 valence electrons. The predicted octanol–water partition coefficient (Wildman–Crippen LogP) is 2.50. The normalized spacial score (nSPS) is 18.0. The number of hydrogen-bond acceptors (Lipinski definition) is 0. The highest BCUT2D eigenvalue weighted by atomic mass is 28.3. The van der Waals surface area contributed by atoms with Crippen LogP contribution in [0.2, 0.25) is 11.6 Å². The van der Waals surface area contributed by atoms with Crippen molar-refractivity contribution in [2.24, 2.45) is 0 Å². The van der Waals surface area contributed by atoms with E-state index in [0.29, 0.717) is 5.54 Å². The van der Waals surface area contributed by atoms with E-state index in [0.717, 1.165) is 12.5 Å². The van der Waals surface area contributed by atoms with Gasteiger partial charge in [0.1, 0.15) is 0 Å². The van der Waals surface area contributed by atoms with Gasteiger partial charge in [-0.25, -0.2) is 0 Å². The third-order valence-corrected chi connectivity index (χ3v) is 4.14. The van der Waals surface area contributed by atoms with Gasteiger partial charge in [-0.2, -0.15) is 0 Å². The Kier molecular flexibility index (Phi) is 4.14. The van der Waals surface area contributed by atoms with Gasteiger partial charge in [0.05, 0.1) is 0 Å². The van der Waals surface area contributed by atoms with Crippen LogP contribution < -0.4 is 0 Å². The summed E-state index contributed by atoms with van der Waals surface area (Å²) < 4.78 is 12.7. The zero-order chi connectivity index (χ0) is 6.57. The maximum Gasteiger partial charge on any atom is 0.234 e. The SMILES string of the molecule is CCC(C)[SiH](F)CC. The Morgan fingerprint density at radius 3 is 2.12 bits per heavy atom. The van der Waals surface area contributed by atoms with Crippen molar-refractivity contribution in [3.8, 4) is 0 Å². The lowest BCUT2D eigenvalue weighted by Gasteiger charge is -2.08. The Labute approximate surface area is 52.9 Å². The molecule has 0 aliphatic carbocycles. The summed E-state index contributed by atoms with van der Waals surface area (Å²) >= 11 is 0. The molecule has 2 heteroatoms. The lowest BCUT2D eigenvalue weighted by molar-refractivity contribution is 0.725. The Balaban J connectivity index is 3.29. The smallest absolute Gasteiger partial charge is 0.234 e. The van der Waals surface area contributed by atoms with Crippen LogP contribution in [-0.4, -0.2) is 9.13 Å². The van der Waals surface area contributed by atoms with Crippen LogP contribution >= 0.6 is 0 Å². The average Bonchev–Trinajstić information content (AvgIpc) is 1.84. The predicted molar refractivity (Wildman–Crippen MR) is 38.5 cm³/mol. The number of halogens is 1. The van der Waals surface area contributed by atoms with Gasteiger partial charge < -0.3 is 4.11 Å². The number of rotatable bonds is 3. The first-order valence-corrected chi connectivity index (χ1v) is 5.28. The molecule has 0 aromatic rings. The van der Waals surface area contributed by atoms with Crippen LogP contribution in [0.4, 0.5) is 4.11 Å². The molecule has 0 heterocycles. The molecule has 0 radical (unpaired) electrons. The van der Waals surface area contributed by atoms with Crippen LogP contribution in [0.15, 0.2) is 0 Å². The van der Waals surface area contributed by atoms with Crippen LogP contribution in [0.25, 0.3) is 0 Å². The summed E-state index contributed by atoms with van der Waals surface area (Å²) in [6.07, 6.45) is 1.02. The van der Waals surface area contributed by atoms with E-state index in [-0.39, 0.29) is 0 Å². The van der Waals surface area contributed by atoms with Gasteiger partial charge in [-0.1, -0.05) is 27.2 Å². The molecule has 2 atom stereocenters. The van der Waals surface area contributed by atoms with Crippen molar-refractivity contribution in [3.63, 3.8) is 0 Å². The van der Waals surface area contributed by atoms with E-state index in [2.05, 4.69) is 6.92 Å². The molecule has 0 spiro atoms. The van der Waals surface area contributed by atoms with E-state index in [1.54, 1.807) is 0 Å². The van der Waals surface area contributed by atoms with Gasteiger partial charge in [-0.3, -0.25) is 0 Å². The molecule has 0 rings (SSSR count). The van der Waals surface area contributed by atoms with Crippen molar-refractivity contribution >= 4 is 9.13 Å². The summed E-state index contributed by atoms with van der Waals surface area (Å²) in [6.45, 7) is 6.02. The summed E-state index contributed by atoms with van der Waals surface area (Å²) in [7, 11) is -1.78. The van der Waals surface area contributed by atoms with Crippen LogP contribution in [0, 0.1) is 0 Å². The van der Waals surface area contributed by atoms with Gasteiger partial charge in [0.15, 0.2) is 0 Å². The van der Waals surface area contributed by atoms with Gasteiger partial charge >= 0.3 is 0 Å². The van der Waals surface area contributed by atoms with Crippen LogP contribution in [0.1, 0.15) is 27.2 Å². The molecule has 0 saturated heterocycles.